The number of alkyl halides is 3. The molecule has 0 aromatic carbocycles. The van der Waals surface area contributed by atoms with Crippen molar-refractivity contribution < 1.29 is 22.7 Å². The molecule has 206 valence electrons. The van der Waals surface area contributed by atoms with Gasteiger partial charge >= 0.3 is 6.18 Å². The van der Waals surface area contributed by atoms with Crippen molar-refractivity contribution in [3.8, 4) is 23.2 Å². The zero-order valence-electron chi connectivity index (χ0n) is 21.9. The van der Waals surface area contributed by atoms with Crippen molar-refractivity contribution in [3.05, 3.63) is 35.9 Å². The molecule has 1 amide bonds. The number of likely N-dealkylation sites (N-methyl/N-ethyl adjacent to an activating group) is 1. The standard InChI is InChI=1S/C27H30F3N7O2/c1-35-9-3-4-21(35)26(38)37-11-5-17(6-12-37)8-13-39-25-20(27(28,29)30)14-18(16-32-25)23-19-7-10-36(2)24(19)34-22(15-31)33-23/h7,10,14,16-17,21H,3-6,8-9,11-13H2,1-2H3/t21-/m0/s1. The topological polar surface area (TPSA) is 100 Å². The van der Waals surface area contributed by atoms with Gasteiger partial charge in [-0.15, -0.1) is 0 Å². The number of piperidine rings is 1. The molecule has 5 heterocycles. The van der Waals surface area contributed by atoms with Crippen molar-refractivity contribution in [1.29, 1.82) is 5.26 Å². The fourth-order valence-corrected chi connectivity index (χ4v) is 5.50. The maximum Gasteiger partial charge on any atom is 0.421 e. The van der Waals surface area contributed by atoms with E-state index < -0.39 is 17.6 Å². The summed E-state index contributed by atoms with van der Waals surface area (Å²) in [7, 11) is 3.71. The van der Waals surface area contributed by atoms with Crippen LogP contribution in [0.4, 0.5) is 13.2 Å². The number of hydrogen-bond acceptors (Lipinski definition) is 7. The number of ether oxygens (including phenoxy) is 1. The molecule has 2 saturated heterocycles. The predicted molar refractivity (Wildman–Crippen MR) is 137 cm³/mol. The van der Waals surface area contributed by atoms with E-state index >= 15 is 0 Å². The van der Waals surface area contributed by atoms with E-state index in [1.54, 1.807) is 23.9 Å². The van der Waals surface area contributed by atoms with Gasteiger partial charge in [-0.05, 0) is 63.7 Å². The molecule has 0 unspecified atom stereocenters. The number of likely N-dealkylation sites (tertiary alicyclic amines) is 2. The second kappa shape index (κ2) is 10.8. The van der Waals surface area contributed by atoms with Crippen LogP contribution in [-0.4, -0.2) is 74.6 Å². The number of nitriles is 1. The number of nitrogens with zero attached hydrogens (tertiary/aromatic N) is 7. The molecule has 3 aromatic rings. The van der Waals surface area contributed by atoms with Gasteiger partial charge < -0.3 is 14.2 Å². The highest BCUT2D eigenvalue weighted by molar-refractivity contribution is 5.91. The molecule has 0 aliphatic carbocycles. The summed E-state index contributed by atoms with van der Waals surface area (Å²) in [6, 6.07) is 4.47. The van der Waals surface area contributed by atoms with E-state index in [9.17, 15) is 23.2 Å². The Kier molecular flexibility index (Phi) is 7.44. The highest BCUT2D eigenvalue weighted by Crippen LogP contribution is 2.38. The monoisotopic (exact) mass is 541 g/mol. The van der Waals surface area contributed by atoms with E-state index in [0.717, 1.165) is 38.3 Å². The Morgan fingerprint density at radius 1 is 1.18 bits per heavy atom. The van der Waals surface area contributed by atoms with Gasteiger partial charge in [-0.1, -0.05) is 0 Å². The minimum atomic E-state index is -4.70. The zero-order valence-corrected chi connectivity index (χ0v) is 21.9. The Morgan fingerprint density at radius 2 is 1.95 bits per heavy atom. The third kappa shape index (κ3) is 5.54. The maximum absolute atomic E-state index is 14.0. The van der Waals surface area contributed by atoms with Gasteiger partial charge in [0.05, 0.1) is 18.3 Å². The van der Waals surface area contributed by atoms with Gasteiger partial charge in [-0.3, -0.25) is 9.69 Å². The number of carbonyl (C=O) groups is 1. The van der Waals surface area contributed by atoms with E-state index in [2.05, 4.69) is 19.9 Å². The minimum absolute atomic E-state index is 0.0356. The van der Waals surface area contributed by atoms with Gasteiger partial charge in [0.1, 0.15) is 17.3 Å². The first-order chi connectivity index (χ1) is 18.7. The van der Waals surface area contributed by atoms with Gasteiger partial charge in [0.25, 0.3) is 0 Å². The summed E-state index contributed by atoms with van der Waals surface area (Å²) in [5, 5.41) is 9.83. The van der Waals surface area contributed by atoms with Crippen LogP contribution in [0, 0.1) is 17.2 Å². The van der Waals surface area contributed by atoms with E-state index in [0.29, 0.717) is 30.5 Å². The Balaban J connectivity index is 1.25. The molecule has 5 rings (SSSR count). The molecular formula is C27H30F3N7O2. The second-order valence-electron chi connectivity index (χ2n) is 10.3. The first-order valence-corrected chi connectivity index (χ1v) is 13.1. The Bertz CT molecular complexity index is 1410. The number of amides is 1. The van der Waals surface area contributed by atoms with Crippen LogP contribution in [-0.2, 0) is 18.0 Å². The molecule has 2 fully saturated rings. The van der Waals surface area contributed by atoms with Crippen molar-refractivity contribution in [2.24, 2.45) is 13.0 Å². The summed E-state index contributed by atoms with van der Waals surface area (Å²) < 4.78 is 49.3. The van der Waals surface area contributed by atoms with Gasteiger partial charge in [-0.2, -0.15) is 18.4 Å². The van der Waals surface area contributed by atoms with Crippen molar-refractivity contribution in [3.63, 3.8) is 0 Å². The second-order valence-corrected chi connectivity index (χ2v) is 10.3. The first-order valence-electron chi connectivity index (χ1n) is 13.1. The number of fused-ring (bicyclic) bond motifs is 1. The number of carbonyl (C=O) groups excluding carboxylic acids is 1. The molecule has 12 heteroatoms. The summed E-state index contributed by atoms with van der Waals surface area (Å²) >= 11 is 0. The van der Waals surface area contributed by atoms with Crippen LogP contribution >= 0.6 is 0 Å². The van der Waals surface area contributed by atoms with E-state index in [-0.39, 0.29) is 41.6 Å². The lowest BCUT2D eigenvalue weighted by molar-refractivity contribution is -0.139. The summed E-state index contributed by atoms with van der Waals surface area (Å²) in [5.41, 5.74) is -0.239. The molecule has 0 spiro atoms. The summed E-state index contributed by atoms with van der Waals surface area (Å²) in [6.45, 7) is 2.35. The minimum Gasteiger partial charge on any atom is -0.477 e. The largest absolute Gasteiger partial charge is 0.477 e. The van der Waals surface area contributed by atoms with Crippen LogP contribution in [0.15, 0.2) is 24.5 Å². The lowest BCUT2D eigenvalue weighted by atomic mass is 9.93. The van der Waals surface area contributed by atoms with Crippen molar-refractivity contribution >= 4 is 16.9 Å². The molecule has 0 saturated carbocycles. The number of aryl methyl sites for hydroxylation is 1. The lowest BCUT2D eigenvalue weighted by Crippen LogP contribution is -2.47. The maximum atomic E-state index is 14.0. The number of aromatic nitrogens is 4. The molecule has 0 radical (unpaired) electrons. The summed E-state index contributed by atoms with van der Waals surface area (Å²) in [4.78, 5) is 29.2. The smallest absolute Gasteiger partial charge is 0.421 e. The molecule has 39 heavy (non-hydrogen) atoms. The normalized spacial score (nSPS) is 19.0. The predicted octanol–water partition coefficient (Wildman–Crippen LogP) is 4.02. The number of halogens is 3. The SMILES string of the molecule is CN1CCC[C@H]1C(=O)N1CCC(CCOc2ncc(-c3nc(C#N)nc4c3ccn4C)cc2C(F)(F)F)CC1. The highest BCUT2D eigenvalue weighted by Gasteiger charge is 2.37. The number of rotatable bonds is 6. The Hall–Kier alpha value is -3.72. The molecule has 2 aliphatic heterocycles. The quantitative estimate of drug-likeness (QED) is 0.465. The van der Waals surface area contributed by atoms with Gasteiger partial charge in [0, 0.05) is 43.5 Å². The molecule has 1 atom stereocenters. The molecule has 0 N–H and O–H groups in total. The third-order valence-corrected chi connectivity index (χ3v) is 7.75. The highest BCUT2D eigenvalue weighted by atomic mass is 19.4. The Morgan fingerprint density at radius 3 is 2.62 bits per heavy atom. The van der Waals surface area contributed by atoms with Crippen molar-refractivity contribution in [2.45, 2.75) is 44.3 Å². The van der Waals surface area contributed by atoms with Gasteiger partial charge in [0.15, 0.2) is 0 Å². The average molecular weight is 542 g/mol. The molecule has 0 bridgehead atoms. The first kappa shape index (κ1) is 26.9. The van der Waals surface area contributed by atoms with E-state index in [1.165, 1.54) is 6.20 Å². The van der Waals surface area contributed by atoms with Gasteiger partial charge in [-0.25, -0.2) is 15.0 Å². The third-order valence-electron chi connectivity index (χ3n) is 7.75. The van der Waals surface area contributed by atoms with E-state index in [4.69, 9.17) is 4.74 Å². The summed E-state index contributed by atoms with van der Waals surface area (Å²) in [5.74, 6) is -0.180. The fourth-order valence-electron chi connectivity index (χ4n) is 5.50. The van der Waals surface area contributed by atoms with Crippen LogP contribution in [0.3, 0.4) is 0 Å². The fraction of sp³-hybridized carbons (Fsp3) is 0.519. The van der Waals surface area contributed by atoms with Crippen LogP contribution < -0.4 is 4.74 Å². The number of pyridine rings is 1. The average Bonchev–Trinajstić information content (AvgIpc) is 3.53. The Labute approximate surface area is 224 Å². The molecule has 9 nitrogen and oxygen atoms in total. The van der Waals surface area contributed by atoms with Crippen molar-refractivity contribution in [2.75, 3.05) is 33.3 Å². The number of hydrogen-bond donors (Lipinski definition) is 0. The zero-order chi connectivity index (χ0) is 27.7. The van der Waals surface area contributed by atoms with Crippen LogP contribution in [0.2, 0.25) is 0 Å². The van der Waals surface area contributed by atoms with Crippen LogP contribution in [0.1, 0.15) is 43.5 Å². The van der Waals surface area contributed by atoms with Crippen LogP contribution in [0.5, 0.6) is 5.88 Å². The molecule has 3 aromatic heterocycles. The molecule has 2 aliphatic rings. The molecular weight excluding hydrogens is 511 g/mol. The van der Waals surface area contributed by atoms with E-state index in [1.807, 2.05) is 18.0 Å². The van der Waals surface area contributed by atoms with Gasteiger partial charge in [0.2, 0.25) is 17.6 Å². The van der Waals surface area contributed by atoms with Crippen LogP contribution in [0.25, 0.3) is 22.3 Å². The lowest BCUT2D eigenvalue weighted by Gasteiger charge is -2.34. The summed E-state index contributed by atoms with van der Waals surface area (Å²) in [6.07, 6.45) is 2.39. The van der Waals surface area contributed by atoms with Crippen molar-refractivity contribution in [1.82, 2.24) is 29.3 Å².